The van der Waals surface area contributed by atoms with Gasteiger partial charge in [-0.1, -0.05) is 36.4 Å². The fraction of sp³-hybridized carbons (Fsp3) is 0.375. The maximum atomic E-state index is 12.6. The largest absolute Gasteiger partial charge is 0.466 e. The molecule has 3 rings (SSSR count). The fourth-order valence-corrected chi connectivity index (χ4v) is 2.87. The molecule has 20 heavy (non-hydrogen) atoms. The van der Waals surface area contributed by atoms with E-state index in [1.165, 1.54) is 0 Å². The van der Waals surface area contributed by atoms with Gasteiger partial charge < -0.3 is 9.47 Å². The maximum absolute atomic E-state index is 12.6. The van der Waals surface area contributed by atoms with Gasteiger partial charge in [-0.3, -0.25) is 9.59 Å². The molecule has 1 fully saturated rings. The van der Waals surface area contributed by atoms with E-state index in [4.69, 9.17) is 9.47 Å². The second-order valence-electron chi connectivity index (χ2n) is 5.09. The smallest absolute Gasteiger partial charge is 0.312 e. The summed E-state index contributed by atoms with van der Waals surface area (Å²) in [6.07, 6.45) is 3.59. The minimum atomic E-state index is -0.997. The normalized spacial score (nSPS) is 30.4. The van der Waals surface area contributed by atoms with Gasteiger partial charge in [-0.05, 0) is 13.0 Å². The van der Waals surface area contributed by atoms with Crippen LogP contribution in [0.3, 0.4) is 0 Å². The van der Waals surface area contributed by atoms with Crippen LogP contribution in [0.1, 0.15) is 23.7 Å². The zero-order valence-electron chi connectivity index (χ0n) is 11.2. The van der Waals surface area contributed by atoms with Crippen LogP contribution in [0.5, 0.6) is 0 Å². The number of rotatable bonds is 4. The summed E-state index contributed by atoms with van der Waals surface area (Å²) in [5.74, 6) is -0.763. The molecule has 104 valence electrons. The Hall–Kier alpha value is -1.94. The number of hydrogen-bond donors (Lipinski definition) is 0. The molecule has 0 saturated carbocycles. The van der Waals surface area contributed by atoms with E-state index < -0.39 is 5.60 Å². The third-order valence-corrected chi connectivity index (χ3v) is 3.83. The molecule has 0 spiro atoms. The van der Waals surface area contributed by atoms with E-state index in [9.17, 15) is 9.59 Å². The molecule has 2 heterocycles. The highest BCUT2D eigenvalue weighted by Crippen LogP contribution is 2.44. The summed E-state index contributed by atoms with van der Waals surface area (Å²) < 4.78 is 10.8. The Kier molecular flexibility index (Phi) is 3.18. The maximum Gasteiger partial charge on any atom is 0.312 e. The van der Waals surface area contributed by atoms with Crippen LogP contribution < -0.4 is 0 Å². The Morgan fingerprint density at radius 1 is 1.35 bits per heavy atom. The van der Waals surface area contributed by atoms with E-state index in [1.54, 1.807) is 31.2 Å². The van der Waals surface area contributed by atoms with Crippen molar-refractivity contribution in [3.8, 4) is 0 Å². The first-order chi connectivity index (χ1) is 9.66. The minimum Gasteiger partial charge on any atom is -0.466 e. The molecule has 1 aromatic carbocycles. The number of esters is 1. The van der Waals surface area contributed by atoms with Gasteiger partial charge in [-0.15, -0.1) is 0 Å². The molecule has 3 unspecified atom stereocenters. The number of ether oxygens (including phenoxy) is 2. The van der Waals surface area contributed by atoms with Crippen molar-refractivity contribution in [2.75, 3.05) is 6.61 Å². The topological polar surface area (TPSA) is 52.6 Å². The highest BCUT2D eigenvalue weighted by Gasteiger charge is 2.55. The van der Waals surface area contributed by atoms with Crippen LogP contribution in [0.25, 0.3) is 0 Å². The second kappa shape index (κ2) is 4.87. The summed E-state index contributed by atoms with van der Waals surface area (Å²) in [6, 6.07) is 9.02. The summed E-state index contributed by atoms with van der Waals surface area (Å²) in [6.45, 7) is 2.11. The summed E-state index contributed by atoms with van der Waals surface area (Å²) >= 11 is 0. The monoisotopic (exact) mass is 272 g/mol. The van der Waals surface area contributed by atoms with Gasteiger partial charge in [0.25, 0.3) is 0 Å². The Balaban J connectivity index is 1.83. The van der Waals surface area contributed by atoms with Crippen molar-refractivity contribution >= 4 is 11.8 Å². The van der Waals surface area contributed by atoms with Gasteiger partial charge in [-0.2, -0.15) is 0 Å². The van der Waals surface area contributed by atoms with Crippen molar-refractivity contribution in [3.63, 3.8) is 0 Å². The molecule has 2 bridgehead atoms. The first kappa shape index (κ1) is 13.1. The van der Waals surface area contributed by atoms with Crippen LogP contribution in [0.4, 0.5) is 0 Å². The highest BCUT2D eigenvalue weighted by molar-refractivity contribution is 6.05. The number of carbonyl (C=O) groups excluding carboxylic acids is 2. The van der Waals surface area contributed by atoms with Gasteiger partial charge in [0.2, 0.25) is 0 Å². The number of fused-ring (bicyclic) bond motifs is 2. The van der Waals surface area contributed by atoms with Crippen LogP contribution in [0, 0.1) is 5.92 Å². The lowest BCUT2D eigenvalue weighted by atomic mass is 9.82. The summed E-state index contributed by atoms with van der Waals surface area (Å²) in [4.78, 5) is 24.5. The first-order valence-corrected chi connectivity index (χ1v) is 6.80. The van der Waals surface area contributed by atoms with Crippen LogP contribution in [-0.2, 0) is 14.3 Å². The highest BCUT2D eigenvalue weighted by atomic mass is 16.6. The Morgan fingerprint density at radius 2 is 2.10 bits per heavy atom. The van der Waals surface area contributed by atoms with E-state index in [0.717, 1.165) is 0 Å². The molecule has 4 heteroatoms. The lowest BCUT2D eigenvalue weighted by Crippen LogP contribution is -2.36. The average Bonchev–Trinajstić information content (AvgIpc) is 3.07. The zero-order chi connectivity index (χ0) is 14.2. The Morgan fingerprint density at radius 3 is 2.80 bits per heavy atom. The third-order valence-electron chi connectivity index (χ3n) is 3.83. The molecule has 0 aliphatic carbocycles. The molecule has 0 N–H and O–H groups in total. The quantitative estimate of drug-likeness (QED) is 0.479. The number of ketones is 1. The number of hydrogen-bond acceptors (Lipinski definition) is 4. The lowest BCUT2D eigenvalue weighted by Gasteiger charge is -2.21. The summed E-state index contributed by atoms with van der Waals surface area (Å²) in [7, 11) is 0. The van der Waals surface area contributed by atoms with Crippen LogP contribution in [0.2, 0.25) is 0 Å². The predicted molar refractivity (Wildman–Crippen MR) is 72.3 cm³/mol. The molecule has 4 nitrogen and oxygen atoms in total. The first-order valence-electron chi connectivity index (χ1n) is 6.80. The molecule has 0 amide bonds. The number of carbonyl (C=O) groups is 2. The third kappa shape index (κ3) is 1.96. The zero-order valence-corrected chi connectivity index (χ0v) is 11.2. The molecule has 3 atom stereocenters. The van der Waals surface area contributed by atoms with Crippen LogP contribution in [0.15, 0.2) is 42.5 Å². The van der Waals surface area contributed by atoms with Gasteiger partial charge in [0.05, 0.1) is 18.6 Å². The van der Waals surface area contributed by atoms with Crippen molar-refractivity contribution in [3.05, 3.63) is 48.0 Å². The van der Waals surface area contributed by atoms with E-state index in [2.05, 4.69) is 0 Å². The molecule has 0 aromatic heterocycles. The van der Waals surface area contributed by atoms with E-state index >= 15 is 0 Å². The van der Waals surface area contributed by atoms with Gasteiger partial charge >= 0.3 is 5.97 Å². The van der Waals surface area contributed by atoms with Gasteiger partial charge in [0.15, 0.2) is 11.4 Å². The van der Waals surface area contributed by atoms with Crippen LogP contribution >= 0.6 is 0 Å². The summed E-state index contributed by atoms with van der Waals surface area (Å²) in [5.41, 5.74) is -0.397. The number of benzene rings is 1. The van der Waals surface area contributed by atoms with E-state index in [1.807, 2.05) is 18.2 Å². The number of Topliss-reactive ketones (excluding diaryl/α,β-unsaturated/α-hetero) is 1. The molecule has 1 saturated heterocycles. The van der Waals surface area contributed by atoms with Crippen molar-refractivity contribution in [2.24, 2.45) is 5.92 Å². The molecule has 1 aromatic rings. The van der Waals surface area contributed by atoms with Crippen molar-refractivity contribution in [2.45, 2.75) is 25.0 Å². The van der Waals surface area contributed by atoms with E-state index in [-0.39, 0.29) is 23.8 Å². The molecule has 2 aliphatic heterocycles. The average molecular weight is 272 g/mol. The van der Waals surface area contributed by atoms with Gasteiger partial charge in [0, 0.05) is 12.0 Å². The van der Waals surface area contributed by atoms with Crippen molar-refractivity contribution in [1.82, 2.24) is 0 Å². The van der Waals surface area contributed by atoms with Crippen LogP contribution in [-0.4, -0.2) is 30.1 Å². The molecular weight excluding hydrogens is 256 g/mol. The summed E-state index contributed by atoms with van der Waals surface area (Å²) in [5, 5.41) is 0. The molecular formula is C16H16O4. The van der Waals surface area contributed by atoms with Crippen molar-refractivity contribution in [1.29, 1.82) is 0 Å². The Bertz CT molecular complexity index is 563. The molecule has 2 aliphatic rings. The van der Waals surface area contributed by atoms with Crippen molar-refractivity contribution < 1.29 is 19.1 Å². The molecule has 0 radical (unpaired) electrons. The standard InChI is InChI=1S/C16H16O4/c1-2-19-15(18)12-10-16(9-8-13(12)20-16)14(17)11-6-4-3-5-7-11/h3-9,12-13H,2,10H2,1H3. The lowest BCUT2D eigenvalue weighted by molar-refractivity contribution is -0.149. The minimum absolute atomic E-state index is 0.0938. The second-order valence-corrected chi connectivity index (χ2v) is 5.09. The SMILES string of the molecule is CCOC(=O)C1CC2(C(=O)c3ccccc3)C=CC1O2. The predicted octanol–water partition coefficient (Wildman–Crippen LogP) is 2.15. The van der Waals surface area contributed by atoms with Gasteiger partial charge in [-0.25, -0.2) is 0 Å². The van der Waals surface area contributed by atoms with E-state index in [0.29, 0.717) is 18.6 Å². The van der Waals surface area contributed by atoms with Gasteiger partial charge in [0.1, 0.15) is 0 Å². The fourth-order valence-electron chi connectivity index (χ4n) is 2.87. The Labute approximate surface area is 117 Å².